The van der Waals surface area contributed by atoms with Gasteiger partial charge in [0.25, 0.3) is 5.91 Å². The van der Waals surface area contributed by atoms with Crippen LogP contribution in [0.15, 0.2) is 18.5 Å². The molecule has 1 saturated heterocycles. The molecule has 1 aliphatic heterocycles. The Balaban J connectivity index is 1.74. The van der Waals surface area contributed by atoms with E-state index in [0.29, 0.717) is 37.0 Å². The number of aromatic nitrogens is 4. The summed E-state index contributed by atoms with van der Waals surface area (Å²) in [6.45, 7) is 2.64. The predicted molar refractivity (Wildman–Crippen MR) is 91.7 cm³/mol. The number of nitrogens with one attached hydrogen (secondary N) is 3. The Kier molecular flexibility index (Phi) is 5.47. The summed E-state index contributed by atoms with van der Waals surface area (Å²) in [5.41, 5.74) is 6.03. The normalized spacial score (nSPS) is 16.5. The number of rotatable bonds is 6. The van der Waals surface area contributed by atoms with Crippen molar-refractivity contribution in [2.45, 2.75) is 6.10 Å². The molecule has 2 aromatic heterocycles. The number of nitrogens with zero attached hydrogens (tertiary/aromatic N) is 5. The lowest BCUT2D eigenvalue weighted by molar-refractivity contribution is 0.0372. The molecule has 1 unspecified atom stereocenters. The minimum atomic E-state index is -0.688. The van der Waals surface area contributed by atoms with Crippen LogP contribution >= 0.6 is 0 Å². The first-order valence-electron chi connectivity index (χ1n) is 7.88. The molecule has 3 rings (SSSR count). The fraction of sp³-hybridized carbons (Fsp3) is 0.333. The molecule has 11 nitrogen and oxygen atoms in total. The van der Waals surface area contributed by atoms with Gasteiger partial charge >= 0.3 is 0 Å². The van der Waals surface area contributed by atoms with E-state index in [4.69, 9.17) is 15.7 Å². The van der Waals surface area contributed by atoms with Gasteiger partial charge in [-0.05, 0) is 0 Å². The Hall–Kier alpha value is -3.36. The lowest BCUT2D eigenvalue weighted by atomic mass is 10.2. The largest absolute Gasteiger partial charge is 0.380 e. The highest BCUT2D eigenvalue weighted by atomic mass is 16.5. The van der Waals surface area contributed by atoms with Gasteiger partial charge in [0.2, 0.25) is 0 Å². The van der Waals surface area contributed by atoms with Gasteiger partial charge in [-0.15, -0.1) is 10.2 Å². The van der Waals surface area contributed by atoms with Gasteiger partial charge in [0.05, 0.1) is 30.8 Å². The van der Waals surface area contributed by atoms with Crippen LogP contribution in [-0.4, -0.2) is 58.4 Å². The van der Waals surface area contributed by atoms with Crippen LogP contribution in [0.2, 0.25) is 0 Å². The van der Waals surface area contributed by atoms with E-state index in [-0.39, 0.29) is 17.5 Å². The highest BCUT2D eigenvalue weighted by Crippen LogP contribution is 2.19. The van der Waals surface area contributed by atoms with Crippen LogP contribution in [0.1, 0.15) is 16.2 Å². The topological polar surface area (TPSA) is 164 Å². The molecule has 1 atom stereocenters. The van der Waals surface area contributed by atoms with Crippen LogP contribution < -0.4 is 21.7 Å². The standard InChI is InChI=1S/C15H17N9O2/c16-4-9-5-21-13(8-19-9)22-12-3-11(14(15(17)25)24-23-12)20-7-10-6-18-1-2-26-10/h3,5,8,10,18H,1-2,6-7H2,(H2,17,25)(H2,20,21,22,23). The number of primary amides is 1. The maximum absolute atomic E-state index is 11.6. The number of morpholine rings is 1. The SMILES string of the molecule is N#Cc1cnc(Nc2cc(NCC3CNCCO3)c(C(N)=O)nn2)cn1. The van der Waals surface area contributed by atoms with Crippen molar-refractivity contribution in [3.05, 3.63) is 29.8 Å². The average molecular weight is 355 g/mol. The van der Waals surface area contributed by atoms with E-state index < -0.39 is 5.91 Å². The van der Waals surface area contributed by atoms with Crippen LogP contribution in [-0.2, 0) is 4.74 Å². The first-order valence-corrected chi connectivity index (χ1v) is 7.88. The van der Waals surface area contributed by atoms with Gasteiger partial charge < -0.3 is 26.4 Å². The summed E-state index contributed by atoms with van der Waals surface area (Å²) in [6, 6.07) is 3.49. The summed E-state index contributed by atoms with van der Waals surface area (Å²) in [5.74, 6) is 0.0440. The summed E-state index contributed by atoms with van der Waals surface area (Å²) in [5, 5.41) is 25.8. The molecular formula is C15H17N9O2. The Bertz CT molecular complexity index is 813. The molecule has 1 aliphatic rings. The Labute approximate surface area is 149 Å². The van der Waals surface area contributed by atoms with Gasteiger partial charge in [0.15, 0.2) is 17.2 Å². The molecule has 0 aromatic carbocycles. The zero-order chi connectivity index (χ0) is 18.4. The van der Waals surface area contributed by atoms with Crippen molar-refractivity contribution in [2.75, 3.05) is 36.9 Å². The minimum absolute atomic E-state index is 0.0292. The van der Waals surface area contributed by atoms with E-state index in [1.165, 1.54) is 12.4 Å². The monoisotopic (exact) mass is 355 g/mol. The molecule has 0 spiro atoms. The molecule has 0 bridgehead atoms. The zero-order valence-corrected chi connectivity index (χ0v) is 13.8. The highest BCUT2D eigenvalue weighted by Gasteiger charge is 2.17. The van der Waals surface area contributed by atoms with Gasteiger partial charge in [0, 0.05) is 25.7 Å². The Morgan fingerprint density at radius 1 is 1.38 bits per heavy atom. The maximum Gasteiger partial charge on any atom is 0.271 e. The Morgan fingerprint density at radius 2 is 2.27 bits per heavy atom. The van der Waals surface area contributed by atoms with Gasteiger partial charge in [-0.2, -0.15) is 5.26 Å². The number of carbonyl (C=O) groups excluding carboxylic acids is 1. The van der Waals surface area contributed by atoms with Gasteiger partial charge in [0.1, 0.15) is 11.9 Å². The van der Waals surface area contributed by atoms with Crippen LogP contribution in [0, 0.1) is 11.3 Å². The quantitative estimate of drug-likeness (QED) is 0.525. The number of anilines is 3. The second kappa shape index (κ2) is 8.15. The smallest absolute Gasteiger partial charge is 0.271 e. The van der Waals surface area contributed by atoms with E-state index in [2.05, 4.69) is 36.1 Å². The van der Waals surface area contributed by atoms with Crippen LogP contribution in [0.25, 0.3) is 0 Å². The molecular weight excluding hydrogens is 338 g/mol. The molecule has 0 aliphatic carbocycles. The Morgan fingerprint density at radius 3 is 2.92 bits per heavy atom. The van der Waals surface area contributed by atoms with Gasteiger partial charge in [-0.1, -0.05) is 0 Å². The zero-order valence-electron chi connectivity index (χ0n) is 13.8. The summed E-state index contributed by atoms with van der Waals surface area (Å²) in [4.78, 5) is 19.5. The maximum atomic E-state index is 11.6. The molecule has 3 heterocycles. The summed E-state index contributed by atoms with van der Waals surface area (Å²) < 4.78 is 5.61. The van der Waals surface area contributed by atoms with Crippen LogP contribution in [0.4, 0.5) is 17.3 Å². The molecule has 2 aromatic rings. The van der Waals surface area contributed by atoms with Crippen molar-refractivity contribution in [2.24, 2.45) is 5.73 Å². The summed E-state index contributed by atoms with van der Waals surface area (Å²) in [6.07, 6.45) is 2.70. The van der Waals surface area contributed by atoms with E-state index >= 15 is 0 Å². The number of nitrogens with two attached hydrogens (primary N) is 1. The molecule has 1 fully saturated rings. The van der Waals surface area contributed by atoms with Crippen molar-refractivity contribution < 1.29 is 9.53 Å². The third-order valence-electron chi connectivity index (χ3n) is 3.57. The number of carbonyl (C=O) groups is 1. The van der Waals surface area contributed by atoms with Gasteiger partial charge in [-0.3, -0.25) is 4.79 Å². The number of nitriles is 1. The highest BCUT2D eigenvalue weighted by molar-refractivity contribution is 5.96. The first kappa shape index (κ1) is 17.5. The van der Waals surface area contributed by atoms with E-state index in [0.717, 1.165) is 6.54 Å². The lowest BCUT2D eigenvalue weighted by Gasteiger charge is -2.24. The van der Waals surface area contributed by atoms with Crippen molar-refractivity contribution in [1.82, 2.24) is 25.5 Å². The van der Waals surface area contributed by atoms with E-state index in [1.54, 1.807) is 6.07 Å². The third-order valence-corrected chi connectivity index (χ3v) is 3.57. The summed E-state index contributed by atoms with van der Waals surface area (Å²) >= 11 is 0. The fourth-order valence-electron chi connectivity index (χ4n) is 2.33. The second-order valence-electron chi connectivity index (χ2n) is 5.46. The second-order valence-corrected chi connectivity index (χ2v) is 5.46. The third kappa shape index (κ3) is 4.38. The molecule has 0 radical (unpaired) electrons. The first-order chi connectivity index (χ1) is 12.7. The van der Waals surface area contributed by atoms with Crippen molar-refractivity contribution in [3.63, 3.8) is 0 Å². The molecule has 26 heavy (non-hydrogen) atoms. The number of ether oxygens (including phenoxy) is 1. The van der Waals surface area contributed by atoms with E-state index in [9.17, 15) is 4.79 Å². The number of hydrogen-bond acceptors (Lipinski definition) is 10. The number of amides is 1. The molecule has 0 saturated carbocycles. The van der Waals surface area contributed by atoms with Crippen LogP contribution in [0.3, 0.4) is 0 Å². The van der Waals surface area contributed by atoms with Crippen molar-refractivity contribution in [1.29, 1.82) is 5.26 Å². The predicted octanol–water partition coefficient (Wildman–Crippen LogP) is -0.619. The number of hydrogen-bond donors (Lipinski definition) is 4. The minimum Gasteiger partial charge on any atom is -0.380 e. The summed E-state index contributed by atoms with van der Waals surface area (Å²) in [7, 11) is 0. The lowest BCUT2D eigenvalue weighted by Crippen LogP contribution is -2.42. The van der Waals surface area contributed by atoms with Crippen LogP contribution in [0.5, 0.6) is 0 Å². The fourth-order valence-corrected chi connectivity index (χ4v) is 2.33. The molecule has 134 valence electrons. The van der Waals surface area contributed by atoms with E-state index in [1.807, 2.05) is 6.07 Å². The molecule has 5 N–H and O–H groups in total. The van der Waals surface area contributed by atoms with Crippen molar-refractivity contribution in [3.8, 4) is 6.07 Å². The average Bonchev–Trinajstić information content (AvgIpc) is 2.68. The van der Waals surface area contributed by atoms with Crippen molar-refractivity contribution >= 4 is 23.2 Å². The van der Waals surface area contributed by atoms with Gasteiger partial charge in [-0.25, -0.2) is 9.97 Å². The molecule has 1 amide bonds. The molecule has 11 heteroatoms.